The van der Waals surface area contributed by atoms with E-state index in [1.54, 1.807) is 14.2 Å². The van der Waals surface area contributed by atoms with Gasteiger partial charge in [-0.05, 0) is 23.9 Å². The molecule has 0 radical (unpaired) electrons. The van der Waals surface area contributed by atoms with Crippen LogP contribution in [-0.4, -0.2) is 20.1 Å². The molecule has 0 N–H and O–H groups in total. The Morgan fingerprint density at radius 2 is 1.64 bits per heavy atom. The zero-order valence-electron chi connectivity index (χ0n) is 14.9. The van der Waals surface area contributed by atoms with Crippen molar-refractivity contribution in [3.05, 3.63) is 59.9 Å². The molecular weight excluding hydrogens is 334 g/mol. The molecule has 0 amide bonds. The second kappa shape index (κ2) is 7.75. The van der Waals surface area contributed by atoms with Gasteiger partial charge in [0.1, 0.15) is 0 Å². The van der Waals surface area contributed by atoms with Crippen molar-refractivity contribution in [3.63, 3.8) is 0 Å². The number of halogens is 1. The number of fused-ring (bicyclic) bond motifs is 1. The van der Waals surface area contributed by atoms with Crippen LogP contribution in [0.1, 0.15) is 17.8 Å². The SMILES string of the molecule is COc1cc2cc(C)[n+](-c3ccccc3)c(CCCCl)c2cc1OC. The molecule has 1 heterocycles. The molecule has 4 heteroatoms. The Kier molecular flexibility index (Phi) is 5.44. The standard InChI is InChI=1S/C21H23ClNO2/c1-15-12-16-13-20(24-2)21(25-3)14-18(16)19(10-7-11-22)23(15)17-8-5-4-6-9-17/h4-6,8-9,12-14H,7,10-11H2,1-3H3/q+1. The number of aromatic nitrogens is 1. The minimum absolute atomic E-state index is 0.636. The number of alkyl halides is 1. The van der Waals surface area contributed by atoms with Crippen molar-refractivity contribution in [3.8, 4) is 17.2 Å². The summed E-state index contributed by atoms with van der Waals surface area (Å²) in [6.07, 6.45) is 1.81. The van der Waals surface area contributed by atoms with Gasteiger partial charge >= 0.3 is 0 Å². The molecule has 3 aromatic rings. The molecule has 3 nitrogen and oxygen atoms in total. The maximum atomic E-state index is 5.99. The number of methoxy groups -OCH3 is 2. The van der Waals surface area contributed by atoms with E-state index < -0.39 is 0 Å². The summed E-state index contributed by atoms with van der Waals surface area (Å²) in [6, 6.07) is 16.7. The molecule has 25 heavy (non-hydrogen) atoms. The van der Waals surface area contributed by atoms with Gasteiger partial charge in [0, 0.05) is 37.4 Å². The lowest BCUT2D eigenvalue weighted by molar-refractivity contribution is -0.609. The van der Waals surface area contributed by atoms with Crippen LogP contribution in [0.4, 0.5) is 0 Å². The normalized spacial score (nSPS) is 10.9. The average Bonchev–Trinajstić information content (AvgIpc) is 2.65. The highest BCUT2D eigenvalue weighted by molar-refractivity contribution is 6.17. The number of benzene rings is 2. The second-order valence-electron chi connectivity index (χ2n) is 5.99. The first-order valence-electron chi connectivity index (χ1n) is 8.41. The van der Waals surface area contributed by atoms with Gasteiger partial charge in [-0.2, -0.15) is 4.57 Å². The lowest BCUT2D eigenvalue weighted by atomic mass is 10.0. The highest BCUT2D eigenvalue weighted by atomic mass is 35.5. The first kappa shape index (κ1) is 17.6. The fourth-order valence-electron chi connectivity index (χ4n) is 3.30. The van der Waals surface area contributed by atoms with E-state index in [-0.39, 0.29) is 0 Å². The number of para-hydroxylation sites is 1. The van der Waals surface area contributed by atoms with Gasteiger partial charge in [0.2, 0.25) is 5.69 Å². The van der Waals surface area contributed by atoms with Crippen LogP contribution in [0, 0.1) is 6.92 Å². The van der Waals surface area contributed by atoms with Crippen LogP contribution in [0.3, 0.4) is 0 Å². The Balaban J connectivity index is 2.33. The van der Waals surface area contributed by atoms with E-state index in [0.29, 0.717) is 5.88 Å². The van der Waals surface area contributed by atoms with Crippen LogP contribution < -0.4 is 14.0 Å². The minimum atomic E-state index is 0.636. The maximum absolute atomic E-state index is 5.99. The number of pyridine rings is 1. The molecule has 0 aliphatic heterocycles. The van der Waals surface area contributed by atoms with Gasteiger partial charge in [-0.15, -0.1) is 11.6 Å². The number of ether oxygens (including phenoxy) is 2. The molecule has 0 atom stereocenters. The van der Waals surface area contributed by atoms with Crippen molar-refractivity contribution in [1.82, 2.24) is 0 Å². The molecule has 130 valence electrons. The fraction of sp³-hybridized carbons (Fsp3) is 0.286. The molecule has 0 saturated heterocycles. The molecule has 0 aliphatic carbocycles. The highest BCUT2D eigenvalue weighted by Crippen LogP contribution is 2.33. The number of hydrogen-bond acceptors (Lipinski definition) is 2. The second-order valence-corrected chi connectivity index (χ2v) is 6.37. The maximum Gasteiger partial charge on any atom is 0.211 e. The lowest BCUT2D eigenvalue weighted by Gasteiger charge is -2.13. The van der Waals surface area contributed by atoms with Crippen molar-refractivity contribution >= 4 is 22.4 Å². The number of aryl methyl sites for hydroxylation is 2. The van der Waals surface area contributed by atoms with Crippen LogP contribution in [0.15, 0.2) is 48.5 Å². The number of nitrogens with zero attached hydrogens (tertiary/aromatic N) is 1. The Labute approximate surface area is 153 Å². The van der Waals surface area contributed by atoms with Crippen molar-refractivity contribution in [2.45, 2.75) is 19.8 Å². The summed E-state index contributed by atoms with van der Waals surface area (Å²) in [5.74, 6) is 2.12. The Morgan fingerprint density at radius 1 is 0.960 bits per heavy atom. The summed E-state index contributed by atoms with van der Waals surface area (Å²) < 4.78 is 13.3. The smallest absolute Gasteiger partial charge is 0.211 e. The zero-order chi connectivity index (χ0) is 17.8. The highest BCUT2D eigenvalue weighted by Gasteiger charge is 2.22. The summed E-state index contributed by atoms with van der Waals surface area (Å²) in [5, 5.41) is 2.31. The summed E-state index contributed by atoms with van der Waals surface area (Å²) in [5.41, 5.74) is 3.57. The fourth-order valence-corrected chi connectivity index (χ4v) is 3.44. The van der Waals surface area contributed by atoms with E-state index in [9.17, 15) is 0 Å². The third-order valence-electron chi connectivity index (χ3n) is 4.42. The molecule has 0 saturated carbocycles. The van der Waals surface area contributed by atoms with Gasteiger partial charge in [-0.25, -0.2) is 0 Å². The predicted octanol–water partition coefficient (Wildman–Crippen LogP) is 4.61. The molecule has 0 bridgehead atoms. The molecule has 0 unspecified atom stereocenters. The molecule has 1 aromatic heterocycles. The largest absolute Gasteiger partial charge is 0.493 e. The van der Waals surface area contributed by atoms with Gasteiger partial charge in [0.15, 0.2) is 22.9 Å². The molecule has 3 rings (SSSR count). The molecule has 0 fully saturated rings. The molecule has 2 aromatic carbocycles. The summed E-state index contributed by atoms with van der Waals surface area (Å²) >= 11 is 5.99. The summed E-state index contributed by atoms with van der Waals surface area (Å²) in [7, 11) is 3.33. The van der Waals surface area contributed by atoms with Gasteiger partial charge in [0.05, 0.1) is 19.6 Å². The quantitative estimate of drug-likeness (QED) is 0.475. The first-order valence-corrected chi connectivity index (χ1v) is 8.94. The lowest BCUT2D eigenvalue weighted by Crippen LogP contribution is -2.39. The van der Waals surface area contributed by atoms with Crippen molar-refractivity contribution in [2.24, 2.45) is 0 Å². The van der Waals surface area contributed by atoms with E-state index in [1.807, 2.05) is 12.1 Å². The minimum Gasteiger partial charge on any atom is -0.493 e. The van der Waals surface area contributed by atoms with Gasteiger partial charge in [0.25, 0.3) is 0 Å². The van der Waals surface area contributed by atoms with Crippen LogP contribution >= 0.6 is 11.6 Å². The number of hydrogen-bond donors (Lipinski definition) is 0. The summed E-state index contributed by atoms with van der Waals surface area (Å²) in [4.78, 5) is 0. The zero-order valence-corrected chi connectivity index (χ0v) is 15.6. The van der Waals surface area contributed by atoms with E-state index in [0.717, 1.165) is 40.8 Å². The van der Waals surface area contributed by atoms with Gasteiger partial charge < -0.3 is 9.47 Å². The third kappa shape index (κ3) is 3.42. The van der Waals surface area contributed by atoms with Gasteiger partial charge in [-0.3, -0.25) is 0 Å². The molecule has 0 spiro atoms. The van der Waals surface area contributed by atoms with Gasteiger partial charge in [-0.1, -0.05) is 18.2 Å². The Bertz CT molecular complexity index is 878. The van der Waals surface area contributed by atoms with E-state index in [4.69, 9.17) is 21.1 Å². The van der Waals surface area contributed by atoms with Crippen LogP contribution in [0.25, 0.3) is 16.5 Å². The van der Waals surface area contributed by atoms with E-state index in [2.05, 4.69) is 47.9 Å². The van der Waals surface area contributed by atoms with E-state index >= 15 is 0 Å². The van der Waals surface area contributed by atoms with Crippen LogP contribution in [0.2, 0.25) is 0 Å². The van der Waals surface area contributed by atoms with E-state index in [1.165, 1.54) is 11.4 Å². The predicted molar refractivity (Wildman–Crippen MR) is 102 cm³/mol. The van der Waals surface area contributed by atoms with Crippen molar-refractivity contribution in [1.29, 1.82) is 0 Å². The average molecular weight is 357 g/mol. The van der Waals surface area contributed by atoms with Crippen LogP contribution in [-0.2, 0) is 6.42 Å². The monoisotopic (exact) mass is 356 g/mol. The summed E-state index contributed by atoms with van der Waals surface area (Å²) in [6.45, 7) is 2.13. The topological polar surface area (TPSA) is 22.3 Å². The Hall–Kier alpha value is -2.26. The first-order chi connectivity index (χ1) is 12.2. The third-order valence-corrected chi connectivity index (χ3v) is 4.68. The Morgan fingerprint density at radius 3 is 2.28 bits per heavy atom. The van der Waals surface area contributed by atoms with Crippen molar-refractivity contribution in [2.75, 3.05) is 20.1 Å². The number of rotatable bonds is 6. The molecular formula is C21H23ClNO2+. The van der Waals surface area contributed by atoms with Crippen LogP contribution in [0.5, 0.6) is 11.5 Å². The molecule has 0 aliphatic rings. The van der Waals surface area contributed by atoms with Crippen molar-refractivity contribution < 1.29 is 14.0 Å².